The van der Waals surface area contributed by atoms with Crippen molar-refractivity contribution < 1.29 is 28.7 Å². The Hall–Kier alpha value is -5.92. The summed E-state index contributed by atoms with van der Waals surface area (Å²) in [5.74, 6) is 0.926. The van der Waals surface area contributed by atoms with E-state index in [0.717, 1.165) is 65.1 Å². The summed E-state index contributed by atoms with van der Waals surface area (Å²) in [7, 11) is 0. The van der Waals surface area contributed by atoms with Crippen molar-refractivity contribution in [1.29, 1.82) is 0 Å². The summed E-state index contributed by atoms with van der Waals surface area (Å²) >= 11 is 0. The van der Waals surface area contributed by atoms with Crippen LogP contribution >= 0.6 is 0 Å². The van der Waals surface area contributed by atoms with Crippen LogP contribution in [-0.2, 0) is 19.1 Å². The van der Waals surface area contributed by atoms with E-state index >= 15 is 0 Å². The number of carbonyl (C=O) groups excluding carboxylic acids is 4. The lowest BCUT2D eigenvalue weighted by Gasteiger charge is -2.30. The fourth-order valence-electron chi connectivity index (χ4n) is 7.61. The molecule has 1 unspecified atom stereocenters. The maximum atomic E-state index is 13.7. The van der Waals surface area contributed by atoms with Gasteiger partial charge < -0.3 is 39.9 Å². The molecule has 0 saturated carbocycles. The minimum absolute atomic E-state index is 0.116. The zero-order valence-electron chi connectivity index (χ0n) is 34.5. The standard InChI is InChI=1S/C44H56N8O6/c1-25(2)37(49-43(55)57-27(5)6)41(53)51-21-9-11-35(51)39-45-23-33(47-39)31-17-13-29(14-18-31)30-15-19-32(20-16-30)34-24-46-40(48-34)36-12-10-22-52(36)42(54)38(26(3)4)50-44(56)58-28(7)8/h13-20,23-24,26-28,35-38H,1,9-12,21-22H2,2-8H3,(H,45,47)(H,46,48)(H,49,55)(H,50,56)/t35-,36?,37-,38-/m0/s1. The number of hydrogen-bond donors (Lipinski definition) is 4. The van der Waals surface area contributed by atoms with Crippen LogP contribution in [0.4, 0.5) is 9.59 Å². The van der Waals surface area contributed by atoms with Crippen molar-refractivity contribution in [3.63, 3.8) is 0 Å². The zero-order chi connectivity index (χ0) is 41.7. The molecule has 58 heavy (non-hydrogen) atoms. The van der Waals surface area contributed by atoms with Crippen LogP contribution in [0.15, 0.2) is 73.1 Å². The molecule has 0 radical (unpaired) electrons. The maximum absolute atomic E-state index is 13.7. The van der Waals surface area contributed by atoms with E-state index < -0.39 is 24.3 Å². The van der Waals surface area contributed by atoms with Crippen molar-refractivity contribution in [2.24, 2.45) is 5.92 Å². The van der Waals surface area contributed by atoms with Crippen LogP contribution in [0.3, 0.4) is 0 Å². The van der Waals surface area contributed by atoms with Gasteiger partial charge in [-0.3, -0.25) is 9.59 Å². The zero-order valence-corrected chi connectivity index (χ0v) is 34.5. The van der Waals surface area contributed by atoms with Gasteiger partial charge in [0.25, 0.3) is 0 Å². The Kier molecular flexibility index (Phi) is 13.0. The molecule has 2 aliphatic heterocycles. The lowest BCUT2D eigenvalue weighted by atomic mass is 10.0. The van der Waals surface area contributed by atoms with Gasteiger partial charge in [-0.1, -0.05) is 69.0 Å². The predicted molar refractivity (Wildman–Crippen MR) is 221 cm³/mol. The second-order valence-corrected chi connectivity index (χ2v) is 16.1. The monoisotopic (exact) mass is 792 g/mol. The van der Waals surface area contributed by atoms with E-state index in [1.54, 1.807) is 51.9 Å². The van der Waals surface area contributed by atoms with E-state index in [4.69, 9.17) is 14.5 Å². The van der Waals surface area contributed by atoms with Crippen molar-refractivity contribution in [3.8, 4) is 33.6 Å². The molecule has 2 aromatic carbocycles. The molecule has 2 aromatic heterocycles. The molecule has 2 fully saturated rings. The minimum Gasteiger partial charge on any atom is -0.447 e. The van der Waals surface area contributed by atoms with E-state index in [1.165, 1.54) is 0 Å². The number of H-pyrrole nitrogens is 2. The number of imidazole rings is 2. The van der Waals surface area contributed by atoms with Gasteiger partial charge in [-0.2, -0.15) is 0 Å². The smallest absolute Gasteiger partial charge is 0.408 e. The van der Waals surface area contributed by atoms with E-state index in [9.17, 15) is 19.2 Å². The van der Waals surface area contributed by atoms with Crippen LogP contribution in [0.1, 0.15) is 97.9 Å². The maximum Gasteiger partial charge on any atom is 0.408 e. The number of alkyl carbamates (subject to hydrolysis) is 2. The number of benzene rings is 2. The predicted octanol–water partition coefficient (Wildman–Crippen LogP) is 7.70. The molecular weight excluding hydrogens is 737 g/mol. The third-order valence-corrected chi connectivity index (χ3v) is 10.5. The molecule has 4 amide bonds. The minimum atomic E-state index is -0.893. The Bertz CT molecular complexity index is 2090. The second-order valence-electron chi connectivity index (χ2n) is 16.1. The largest absolute Gasteiger partial charge is 0.447 e. The highest BCUT2D eigenvalue weighted by atomic mass is 16.6. The van der Waals surface area contributed by atoms with Gasteiger partial charge >= 0.3 is 12.2 Å². The first-order chi connectivity index (χ1) is 27.7. The molecule has 14 nitrogen and oxygen atoms in total. The van der Waals surface area contributed by atoms with Crippen LogP contribution in [0.5, 0.6) is 0 Å². The molecule has 2 saturated heterocycles. The Morgan fingerprint density at radius 2 is 1.09 bits per heavy atom. The second kappa shape index (κ2) is 18.1. The Balaban J connectivity index is 1.09. The summed E-state index contributed by atoms with van der Waals surface area (Å²) in [5, 5.41) is 5.45. The van der Waals surface area contributed by atoms with Gasteiger partial charge in [0.1, 0.15) is 23.7 Å². The molecule has 4 heterocycles. The van der Waals surface area contributed by atoms with E-state index in [2.05, 4.69) is 56.4 Å². The number of nitrogens with zero attached hydrogens (tertiary/aromatic N) is 4. The quantitative estimate of drug-likeness (QED) is 0.0997. The molecule has 0 aliphatic carbocycles. The van der Waals surface area contributed by atoms with Crippen molar-refractivity contribution in [1.82, 2.24) is 40.4 Å². The third kappa shape index (κ3) is 9.60. The molecule has 4 N–H and O–H groups in total. The Morgan fingerprint density at radius 3 is 1.50 bits per heavy atom. The van der Waals surface area contributed by atoms with Crippen molar-refractivity contribution in [2.45, 2.75) is 111 Å². The van der Waals surface area contributed by atoms with Crippen LogP contribution in [0.25, 0.3) is 33.6 Å². The van der Waals surface area contributed by atoms with E-state index in [1.807, 2.05) is 43.0 Å². The van der Waals surface area contributed by atoms with Crippen molar-refractivity contribution >= 4 is 24.0 Å². The van der Waals surface area contributed by atoms with Gasteiger partial charge in [-0.25, -0.2) is 19.6 Å². The van der Waals surface area contributed by atoms with Crippen LogP contribution in [0, 0.1) is 5.92 Å². The number of rotatable bonds is 13. The number of hydrogen-bond acceptors (Lipinski definition) is 8. The third-order valence-electron chi connectivity index (χ3n) is 10.5. The van der Waals surface area contributed by atoms with Gasteiger partial charge in [0, 0.05) is 13.1 Å². The normalized spacial score (nSPS) is 17.8. The summed E-state index contributed by atoms with van der Waals surface area (Å²) in [6.45, 7) is 17.7. The molecule has 14 heteroatoms. The van der Waals surface area contributed by atoms with Gasteiger partial charge in [-0.15, -0.1) is 0 Å². The highest BCUT2D eigenvalue weighted by Gasteiger charge is 2.39. The summed E-state index contributed by atoms with van der Waals surface area (Å²) < 4.78 is 10.5. The summed E-state index contributed by atoms with van der Waals surface area (Å²) in [6.07, 6.45) is 4.93. The molecule has 308 valence electrons. The molecule has 6 rings (SSSR count). The average Bonchev–Trinajstić information content (AvgIpc) is 4.01. The lowest BCUT2D eigenvalue weighted by molar-refractivity contribution is -0.135. The first-order valence-electron chi connectivity index (χ1n) is 20.2. The first kappa shape index (κ1) is 41.7. The number of ether oxygens (including phenoxy) is 2. The number of carbonyl (C=O) groups is 4. The molecule has 2 aliphatic rings. The van der Waals surface area contributed by atoms with E-state index in [0.29, 0.717) is 24.5 Å². The Labute approximate surface area is 340 Å². The number of aromatic amines is 2. The van der Waals surface area contributed by atoms with Crippen LogP contribution in [0.2, 0.25) is 0 Å². The Morgan fingerprint density at radius 1 is 0.672 bits per heavy atom. The molecule has 0 spiro atoms. The topological polar surface area (TPSA) is 175 Å². The first-order valence-corrected chi connectivity index (χ1v) is 20.2. The van der Waals surface area contributed by atoms with Gasteiger partial charge in [0.15, 0.2) is 0 Å². The van der Waals surface area contributed by atoms with Crippen LogP contribution < -0.4 is 10.6 Å². The van der Waals surface area contributed by atoms with Crippen molar-refractivity contribution in [3.05, 3.63) is 84.7 Å². The molecule has 0 bridgehead atoms. The van der Waals surface area contributed by atoms with E-state index in [-0.39, 0.29) is 42.0 Å². The molecule has 4 aromatic rings. The number of likely N-dealkylation sites (tertiary alicyclic amines) is 2. The number of aromatic nitrogens is 4. The highest BCUT2D eigenvalue weighted by Crippen LogP contribution is 2.35. The SMILES string of the molecule is C=C(C)[C@H](NC(=O)OC(C)C)C(=O)N1CCC[C@H]1c1ncc(-c2ccc(-c3ccc(-c4cnc(C5CCCN5C(=O)[C@@H](NC(=O)OC(C)C)C(C)C)[nH]4)cc3)cc2)[nH]1. The lowest BCUT2D eigenvalue weighted by Crippen LogP contribution is -2.51. The summed E-state index contributed by atoms with van der Waals surface area (Å²) in [6, 6.07) is 14.4. The summed E-state index contributed by atoms with van der Waals surface area (Å²) in [4.78, 5) is 71.9. The highest BCUT2D eigenvalue weighted by molar-refractivity contribution is 5.89. The van der Waals surface area contributed by atoms with Gasteiger partial charge in [0.05, 0.1) is 48.1 Å². The van der Waals surface area contributed by atoms with Gasteiger partial charge in [0.2, 0.25) is 11.8 Å². The average molecular weight is 793 g/mol. The number of amides is 4. The fourth-order valence-corrected chi connectivity index (χ4v) is 7.61. The van der Waals surface area contributed by atoms with Crippen molar-refractivity contribution in [2.75, 3.05) is 13.1 Å². The van der Waals surface area contributed by atoms with Crippen LogP contribution in [-0.4, -0.2) is 91.1 Å². The van der Waals surface area contributed by atoms with Gasteiger partial charge in [-0.05, 0) is 94.0 Å². The fraction of sp³-hybridized carbons (Fsp3) is 0.455. The number of nitrogens with one attached hydrogen (secondary N) is 4. The summed E-state index contributed by atoms with van der Waals surface area (Å²) in [5.41, 5.74) is 6.26. The molecular formula is C44H56N8O6. The molecule has 4 atom stereocenters.